The van der Waals surface area contributed by atoms with Crippen molar-refractivity contribution in [3.8, 4) is 5.75 Å². The third-order valence-electron chi connectivity index (χ3n) is 7.02. The van der Waals surface area contributed by atoms with Crippen LogP contribution in [0, 0.1) is 12.8 Å². The summed E-state index contributed by atoms with van der Waals surface area (Å²) in [6, 6.07) is 4.61. The molecule has 0 amide bonds. The molecular formula is C24H32N6O2. The van der Waals surface area contributed by atoms with Gasteiger partial charge in [0.1, 0.15) is 5.75 Å². The molecule has 0 radical (unpaired) electrons. The Morgan fingerprint density at radius 3 is 2.75 bits per heavy atom. The second-order valence-electron chi connectivity index (χ2n) is 9.25. The van der Waals surface area contributed by atoms with Gasteiger partial charge in [-0.25, -0.2) is 9.67 Å². The maximum atomic E-state index is 9.47. The van der Waals surface area contributed by atoms with Crippen LogP contribution in [0.5, 0.6) is 5.75 Å². The summed E-state index contributed by atoms with van der Waals surface area (Å²) in [7, 11) is 3.85. The molecule has 3 aromatic rings. The number of aryl methyl sites for hydroxylation is 1. The Kier molecular flexibility index (Phi) is 5.73. The van der Waals surface area contributed by atoms with Gasteiger partial charge < -0.3 is 20.1 Å². The highest BCUT2D eigenvalue weighted by Crippen LogP contribution is 2.35. The smallest absolute Gasteiger partial charge is 0.229 e. The molecule has 5 rings (SSSR count). The first-order valence-corrected chi connectivity index (χ1v) is 11.5. The van der Waals surface area contributed by atoms with Crippen LogP contribution in [0.3, 0.4) is 0 Å². The Balaban J connectivity index is 1.46. The third-order valence-corrected chi connectivity index (χ3v) is 7.02. The predicted molar refractivity (Wildman–Crippen MR) is 124 cm³/mol. The molecule has 1 fully saturated rings. The van der Waals surface area contributed by atoms with E-state index >= 15 is 0 Å². The van der Waals surface area contributed by atoms with Gasteiger partial charge in [0, 0.05) is 25.9 Å². The highest BCUT2D eigenvalue weighted by molar-refractivity contribution is 5.79. The average molecular weight is 437 g/mol. The van der Waals surface area contributed by atoms with Gasteiger partial charge in [-0.15, -0.1) is 0 Å². The highest BCUT2D eigenvalue weighted by atomic mass is 16.5. The first kappa shape index (κ1) is 21.2. The number of anilines is 2. The number of benzene rings is 1. The minimum absolute atomic E-state index is 0.278. The van der Waals surface area contributed by atoms with E-state index in [-0.39, 0.29) is 6.61 Å². The SMILES string of the molecule is COc1cc2c(cc1Nc1ncc3c(C)nn([C@H]4CC[C@@H](CO)CC4)c3n1)CN(C)CC2. The van der Waals surface area contributed by atoms with E-state index in [0.717, 1.165) is 73.4 Å². The highest BCUT2D eigenvalue weighted by Gasteiger charge is 2.25. The molecule has 8 heteroatoms. The number of hydrogen-bond donors (Lipinski definition) is 2. The quantitative estimate of drug-likeness (QED) is 0.632. The Morgan fingerprint density at radius 2 is 2.00 bits per heavy atom. The van der Waals surface area contributed by atoms with Gasteiger partial charge >= 0.3 is 0 Å². The van der Waals surface area contributed by atoms with Crippen molar-refractivity contribution in [2.24, 2.45) is 5.92 Å². The number of methoxy groups -OCH3 is 1. The summed E-state index contributed by atoms with van der Waals surface area (Å²) in [5.41, 5.74) is 5.35. The number of aliphatic hydroxyl groups is 1. The molecular weight excluding hydrogens is 404 g/mol. The zero-order chi connectivity index (χ0) is 22.2. The summed E-state index contributed by atoms with van der Waals surface area (Å²) in [5, 5.41) is 18.7. The van der Waals surface area contributed by atoms with E-state index in [2.05, 4.69) is 39.1 Å². The fraction of sp³-hybridized carbons (Fsp3) is 0.542. The molecule has 1 aromatic carbocycles. The molecule has 3 heterocycles. The molecule has 1 aliphatic heterocycles. The Hall–Kier alpha value is -2.71. The second-order valence-corrected chi connectivity index (χ2v) is 9.25. The molecule has 0 saturated heterocycles. The Morgan fingerprint density at radius 1 is 1.19 bits per heavy atom. The minimum atomic E-state index is 0.278. The van der Waals surface area contributed by atoms with Crippen LogP contribution in [0.25, 0.3) is 11.0 Å². The number of aromatic nitrogens is 4. The minimum Gasteiger partial charge on any atom is -0.495 e. The van der Waals surface area contributed by atoms with Crippen LogP contribution in [-0.4, -0.2) is 57.1 Å². The van der Waals surface area contributed by atoms with E-state index < -0.39 is 0 Å². The van der Waals surface area contributed by atoms with Crippen LogP contribution in [0.4, 0.5) is 11.6 Å². The lowest BCUT2D eigenvalue weighted by Crippen LogP contribution is -2.26. The lowest BCUT2D eigenvalue weighted by molar-refractivity contribution is 0.166. The van der Waals surface area contributed by atoms with Crippen LogP contribution in [0.1, 0.15) is 48.5 Å². The molecule has 1 aliphatic carbocycles. The van der Waals surface area contributed by atoms with Crippen LogP contribution in [0.2, 0.25) is 0 Å². The summed E-state index contributed by atoms with van der Waals surface area (Å²) >= 11 is 0. The summed E-state index contributed by atoms with van der Waals surface area (Å²) < 4.78 is 7.75. The molecule has 0 unspecified atom stereocenters. The average Bonchev–Trinajstić information content (AvgIpc) is 3.14. The summed E-state index contributed by atoms with van der Waals surface area (Å²) in [6.07, 6.45) is 6.97. The first-order valence-electron chi connectivity index (χ1n) is 11.5. The number of rotatable bonds is 5. The van der Waals surface area contributed by atoms with Gasteiger partial charge in [-0.3, -0.25) is 0 Å². The predicted octanol–water partition coefficient (Wildman–Crippen LogP) is 3.60. The van der Waals surface area contributed by atoms with Crippen molar-refractivity contribution in [3.63, 3.8) is 0 Å². The number of fused-ring (bicyclic) bond motifs is 2. The topological polar surface area (TPSA) is 88.3 Å². The van der Waals surface area contributed by atoms with E-state index in [1.54, 1.807) is 7.11 Å². The summed E-state index contributed by atoms with van der Waals surface area (Å²) in [5.74, 6) is 1.77. The molecule has 0 spiro atoms. The standard InChI is InChI=1S/C24H32N6O2/c1-15-20-12-25-24(27-23(20)30(28-15)19-6-4-16(14-31)5-7-19)26-21-10-18-13-29(2)9-8-17(18)11-22(21)32-3/h10-12,16,19,31H,4-9,13-14H2,1-3H3,(H,25,26,27)/t16-,19+. The van der Waals surface area contributed by atoms with Gasteiger partial charge in [0.05, 0.1) is 29.9 Å². The molecule has 32 heavy (non-hydrogen) atoms. The van der Waals surface area contributed by atoms with Crippen LogP contribution in [0.15, 0.2) is 18.3 Å². The Labute approximate surface area is 188 Å². The van der Waals surface area contributed by atoms with Crippen LogP contribution in [-0.2, 0) is 13.0 Å². The zero-order valence-electron chi connectivity index (χ0n) is 19.1. The summed E-state index contributed by atoms with van der Waals surface area (Å²) in [4.78, 5) is 11.8. The van der Waals surface area contributed by atoms with Crippen LogP contribution >= 0.6 is 0 Å². The van der Waals surface area contributed by atoms with Gasteiger partial charge in [-0.1, -0.05) is 0 Å². The van der Waals surface area contributed by atoms with E-state index in [4.69, 9.17) is 14.8 Å². The first-order chi connectivity index (χ1) is 15.6. The fourth-order valence-electron chi connectivity index (χ4n) is 5.07. The van der Waals surface area contributed by atoms with Gasteiger partial charge in [0.15, 0.2) is 5.65 Å². The molecule has 1 saturated carbocycles. The molecule has 2 N–H and O–H groups in total. The number of nitrogens with zero attached hydrogens (tertiary/aromatic N) is 5. The number of likely N-dealkylation sites (N-methyl/N-ethyl adjacent to an activating group) is 1. The number of nitrogens with one attached hydrogen (secondary N) is 1. The monoisotopic (exact) mass is 436 g/mol. The van der Waals surface area contributed by atoms with Crippen molar-refractivity contribution in [2.45, 2.75) is 51.6 Å². The molecule has 0 bridgehead atoms. The van der Waals surface area contributed by atoms with Gasteiger partial charge in [-0.05, 0) is 75.3 Å². The third kappa shape index (κ3) is 3.93. The normalized spacial score (nSPS) is 21.5. The van der Waals surface area contributed by atoms with Gasteiger partial charge in [0.2, 0.25) is 5.95 Å². The molecule has 170 valence electrons. The van der Waals surface area contributed by atoms with Gasteiger partial charge in [0.25, 0.3) is 0 Å². The second kappa shape index (κ2) is 8.67. The lowest BCUT2D eigenvalue weighted by Gasteiger charge is -2.27. The number of ether oxygens (including phenoxy) is 1. The van der Waals surface area contributed by atoms with Crippen molar-refractivity contribution in [1.82, 2.24) is 24.6 Å². The number of hydrogen-bond acceptors (Lipinski definition) is 7. The van der Waals surface area contributed by atoms with E-state index in [1.165, 1.54) is 11.1 Å². The maximum absolute atomic E-state index is 9.47. The van der Waals surface area contributed by atoms with E-state index in [1.807, 2.05) is 13.1 Å². The van der Waals surface area contributed by atoms with Crippen LogP contribution < -0.4 is 10.1 Å². The van der Waals surface area contributed by atoms with Gasteiger partial charge in [-0.2, -0.15) is 10.1 Å². The van der Waals surface area contributed by atoms with E-state index in [9.17, 15) is 5.11 Å². The number of aliphatic hydroxyl groups excluding tert-OH is 1. The largest absolute Gasteiger partial charge is 0.495 e. The molecule has 2 aliphatic rings. The molecule has 0 atom stereocenters. The van der Waals surface area contributed by atoms with Crippen molar-refractivity contribution >= 4 is 22.7 Å². The molecule has 2 aromatic heterocycles. The molecule has 8 nitrogen and oxygen atoms in total. The summed E-state index contributed by atoms with van der Waals surface area (Å²) in [6.45, 7) is 4.28. The zero-order valence-corrected chi connectivity index (χ0v) is 19.1. The van der Waals surface area contributed by atoms with E-state index in [0.29, 0.717) is 17.9 Å². The lowest BCUT2D eigenvalue weighted by atomic mass is 9.87. The van der Waals surface area contributed by atoms with Crippen molar-refractivity contribution in [2.75, 3.05) is 32.6 Å². The maximum Gasteiger partial charge on any atom is 0.229 e. The fourth-order valence-corrected chi connectivity index (χ4v) is 5.07. The Bertz CT molecular complexity index is 1120. The van der Waals surface area contributed by atoms with Crippen molar-refractivity contribution < 1.29 is 9.84 Å². The van der Waals surface area contributed by atoms with Crippen molar-refractivity contribution in [1.29, 1.82) is 0 Å². The van der Waals surface area contributed by atoms with Crippen molar-refractivity contribution in [3.05, 3.63) is 35.2 Å².